The van der Waals surface area contributed by atoms with Crippen LogP contribution in [0.25, 0.3) is 5.78 Å². The van der Waals surface area contributed by atoms with Gasteiger partial charge in [-0.05, 0) is 26.2 Å². The fraction of sp³-hybridized carbons (Fsp3) is 0.643. The van der Waals surface area contributed by atoms with Crippen molar-refractivity contribution in [2.75, 3.05) is 5.32 Å². The van der Waals surface area contributed by atoms with E-state index in [9.17, 15) is 0 Å². The normalized spacial score (nSPS) is 13.1. The van der Waals surface area contributed by atoms with Gasteiger partial charge in [-0.15, -0.1) is 0 Å². The standard InChI is InChI=1S/C14H23N5/c1-10(2)6-5-7-11(3)17-13-8-12(4)18-14-15-9-16-19(13)14/h8-11,17H,5-7H2,1-4H3. The largest absolute Gasteiger partial charge is 0.367 e. The number of hydrogen-bond acceptors (Lipinski definition) is 4. The molecule has 19 heavy (non-hydrogen) atoms. The summed E-state index contributed by atoms with van der Waals surface area (Å²) in [6, 6.07) is 2.44. The van der Waals surface area contributed by atoms with Gasteiger partial charge in [-0.3, -0.25) is 0 Å². The highest BCUT2D eigenvalue weighted by atomic mass is 15.4. The lowest BCUT2D eigenvalue weighted by molar-refractivity contribution is 0.519. The van der Waals surface area contributed by atoms with Crippen LogP contribution in [0, 0.1) is 12.8 Å². The van der Waals surface area contributed by atoms with Crippen LogP contribution in [0.15, 0.2) is 12.4 Å². The Labute approximate surface area is 114 Å². The maximum atomic E-state index is 4.34. The van der Waals surface area contributed by atoms with Gasteiger partial charge in [0.2, 0.25) is 0 Å². The lowest BCUT2D eigenvalue weighted by atomic mass is 10.0. The molecule has 1 N–H and O–H groups in total. The molecule has 0 radical (unpaired) electrons. The maximum Gasteiger partial charge on any atom is 0.254 e. The number of rotatable bonds is 6. The second-order valence-electron chi connectivity index (χ2n) is 5.62. The van der Waals surface area contributed by atoms with Crippen molar-refractivity contribution < 1.29 is 0 Å². The van der Waals surface area contributed by atoms with Crippen molar-refractivity contribution in [1.29, 1.82) is 0 Å². The molecule has 5 heteroatoms. The molecule has 0 aromatic carbocycles. The van der Waals surface area contributed by atoms with Crippen LogP contribution in [-0.4, -0.2) is 25.6 Å². The molecule has 0 saturated carbocycles. The highest BCUT2D eigenvalue weighted by Crippen LogP contribution is 2.14. The van der Waals surface area contributed by atoms with E-state index in [1.807, 2.05) is 13.0 Å². The fourth-order valence-corrected chi connectivity index (χ4v) is 2.19. The van der Waals surface area contributed by atoms with Gasteiger partial charge < -0.3 is 5.32 Å². The zero-order chi connectivity index (χ0) is 13.8. The number of anilines is 1. The zero-order valence-electron chi connectivity index (χ0n) is 12.2. The molecule has 5 nitrogen and oxygen atoms in total. The first-order valence-corrected chi connectivity index (χ1v) is 7.00. The second-order valence-corrected chi connectivity index (χ2v) is 5.62. The topological polar surface area (TPSA) is 55.1 Å². The van der Waals surface area contributed by atoms with Gasteiger partial charge in [0, 0.05) is 17.8 Å². The molecule has 0 aliphatic heterocycles. The lowest BCUT2D eigenvalue weighted by Gasteiger charge is -2.16. The van der Waals surface area contributed by atoms with E-state index in [1.165, 1.54) is 19.2 Å². The molecule has 0 amide bonds. The molecule has 104 valence electrons. The van der Waals surface area contributed by atoms with Crippen LogP contribution in [0.1, 0.15) is 45.7 Å². The van der Waals surface area contributed by atoms with Crippen LogP contribution >= 0.6 is 0 Å². The Morgan fingerprint density at radius 1 is 1.26 bits per heavy atom. The second kappa shape index (κ2) is 5.99. The molecular weight excluding hydrogens is 238 g/mol. The molecule has 2 aromatic rings. The van der Waals surface area contributed by atoms with Gasteiger partial charge in [-0.25, -0.2) is 4.98 Å². The van der Waals surface area contributed by atoms with Gasteiger partial charge in [0.05, 0.1) is 0 Å². The van der Waals surface area contributed by atoms with E-state index in [2.05, 4.69) is 41.2 Å². The predicted octanol–water partition coefficient (Wildman–Crippen LogP) is 3.06. The van der Waals surface area contributed by atoms with Crippen molar-refractivity contribution in [2.45, 2.75) is 53.0 Å². The van der Waals surface area contributed by atoms with Gasteiger partial charge in [-0.2, -0.15) is 14.6 Å². The predicted molar refractivity (Wildman–Crippen MR) is 77.3 cm³/mol. The summed E-state index contributed by atoms with van der Waals surface area (Å²) >= 11 is 0. The molecule has 2 aromatic heterocycles. The summed E-state index contributed by atoms with van der Waals surface area (Å²) in [5.74, 6) is 2.39. The minimum atomic E-state index is 0.424. The van der Waals surface area contributed by atoms with Crippen molar-refractivity contribution in [3.63, 3.8) is 0 Å². The third-order valence-electron chi connectivity index (χ3n) is 3.19. The first-order valence-electron chi connectivity index (χ1n) is 7.00. The first-order chi connectivity index (χ1) is 9.06. The Bertz CT molecular complexity index is 532. The summed E-state index contributed by atoms with van der Waals surface area (Å²) < 4.78 is 1.76. The van der Waals surface area contributed by atoms with Crippen molar-refractivity contribution in [3.05, 3.63) is 18.1 Å². The number of fused-ring (bicyclic) bond motifs is 1. The highest BCUT2D eigenvalue weighted by molar-refractivity contribution is 5.45. The van der Waals surface area contributed by atoms with E-state index in [0.717, 1.165) is 23.9 Å². The van der Waals surface area contributed by atoms with Crippen molar-refractivity contribution >= 4 is 11.6 Å². The van der Waals surface area contributed by atoms with E-state index in [1.54, 1.807) is 4.52 Å². The number of nitrogens with one attached hydrogen (secondary N) is 1. The summed E-state index contributed by atoms with van der Waals surface area (Å²) in [6.07, 6.45) is 5.22. The Balaban J connectivity index is 2.02. The van der Waals surface area contributed by atoms with Gasteiger partial charge in [0.15, 0.2) is 0 Å². The Kier molecular flexibility index (Phi) is 4.35. The summed E-state index contributed by atoms with van der Waals surface area (Å²) in [5.41, 5.74) is 0.956. The number of aromatic nitrogens is 4. The Morgan fingerprint density at radius 2 is 2.05 bits per heavy atom. The van der Waals surface area contributed by atoms with Crippen LogP contribution in [-0.2, 0) is 0 Å². The molecule has 0 spiro atoms. The SMILES string of the molecule is Cc1cc(NC(C)CCCC(C)C)n2ncnc2n1. The minimum Gasteiger partial charge on any atom is -0.367 e. The van der Waals surface area contributed by atoms with Crippen molar-refractivity contribution in [2.24, 2.45) is 5.92 Å². The molecule has 2 rings (SSSR count). The molecule has 2 heterocycles. The van der Waals surface area contributed by atoms with Gasteiger partial charge in [-0.1, -0.05) is 26.7 Å². The molecule has 1 atom stereocenters. The molecule has 0 aliphatic carbocycles. The van der Waals surface area contributed by atoms with Crippen LogP contribution in [0.4, 0.5) is 5.82 Å². The maximum absolute atomic E-state index is 4.34. The van der Waals surface area contributed by atoms with Gasteiger partial charge in [0.25, 0.3) is 5.78 Å². The molecule has 0 fully saturated rings. The first kappa shape index (κ1) is 13.8. The number of hydrogen-bond donors (Lipinski definition) is 1. The summed E-state index contributed by atoms with van der Waals surface area (Å²) in [7, 11) is 0. The summed E-state index contributed by atoms with van der Waals surface area (Å²) in [6.45, 7) is 8.72. The Hall–Kier alpha value is -1.65. The highest BCUT2D eigenvalue weighted by Gasteiger charge is 2.08. The van der Waals surface area contributed by atoms with E-state index >= 15 is 0 Å². The summed E-state index contributed by atoms with van der Waals surface area (Å²) in [5, 5.41) is 7.71. The minimum absolute atomic E-state index is 0.424. The van der Waals surface area contributed by atoms with Crippen molar-refractivity contribution in [1.82, 2.24) is 19.6 Å². The molecule has 0 saturated heterocycles. The van der Waals surface area contributed by atoms with Gasteiger partial charge >= 0.3 is 0 Å². The monoisotopic (exact) mass is 261 g/mol. The number of nitrogens with zero attached hydrogens (tertiary/aromatic N) is 4. The van der Waals surface area contributed by atoms with E-state index < -0.39 is 0 Å². The van der Waals surface area contributed by atoms with Gasteiger partial charge in [0.1, 0.15) is 12.1 Å². The van der Waals surface area contributed by atoms with Crippen LogP contribution in [0.2, 0.25) is 0 Å². The van der Waals surface area contributed by atoms with Crippen LogP contribution in [0.5, 0.6) is 0 Å². The van der Waals surface area contributed by atoms with E-state index in [0.29, 0.717) is 11.8 Å². The Morgan fingerprint density at radius 3 is 2.79 bits per heavy atom. The average molecular weight is 261 g/mol. The smallest absolute Gasteiger partial charge is 0.254 e. The van der Waals surface area contributed by atoms with Crippen LogP contribution < -0.4 is 5.32 Å². The van der Waals surface area contributed by atoms with Crippen molar-refractivity contribution in [3.8, 4) is 0 Å². The number of aryl methyl sites for hydroxylation is 1. The lowest BCUT2D eigenvalue weighted by Crippen LogP contribution is -2.18. The quantitative estimate of drug-likeness (QED) is 0.868. The average Bonchev–Trinajstić information content (AvgIpc) is 2.76. The molecule has 1 unspecified atom stereocenters. The third kappa shape index (κ3) is 3.66. The zero-order valence-corrected chi connectivity index (χ0v) is 12.2. The third-order valence-corrected chi connectivity index (χ3v) is 3.19. The molecule has 0 bridgehead atoms. The fourth-order valence-electron chi connectivity index (χ4n) is 2.19. The van der Waals surface area contributed by atoms with E-state index in [4.69, 9.17) is 0 Å². The van der Waals surface area contributed by atoms with Crippen LogP contribution in [0.3, 0.4) is 0 Å². The van der Waals surface area contributed by atoms with E-state index in [-0.39, 0.29) is 0 Å². The summed E-state index contributed by atoms with van der Waals surface area (Å²) in [4.78, 5) is 8.47. The molecular formula is C14H23N5. The molecule has 0 aliphatic rings.